The number of thiophene rings is 1. The molecule has 3 saturated heterocycles. The molecule has 6 rings (SSSR count). The highest BCUT2D eigenvalue weighted by Gasteiger charge is 2.77. The lowest BCUT2D eigenvalue weighted by molar-refractivity contribution is -0.140. The summed E-state index contributed by atoms with van der Waals surface area (Å²) in [6.07, 6.45) is 4.98. The van der Waals surface area contributed by atoms with Crippen LogP contribution >= 0.6 is 11.3 Å². The maximum Gasteiger partial charge on any atom is 0.231 e. The first-order chi connectivity index (χ1) is 13.0. The summed E-state index contributed by atoms with van der Waals surface area (Å²) < 4.78 is 6.64. The van der Waals surface area contributed by atoms with Crippen molar-refractivity contribution in [2.45, 2.75) is 55.1 Å². The number of ether oxygens (including phenoxy) is 1. The monoisotopic (exact) mass is 389 g/mol. The molecule has 0 radical (unpaired) electrons. The van der Waals surface area contributed by atoms with Crippen molar-refractivity contribution in [2.24, 2.45) is 5.41 Å². The predicted octanol–water partition coefficient (Wildman–Crippen LogP) is 1.31. The molecule has 27 heavy (non-hydrogen) atoms. The molecule has 0 atom stereocenters. The van der Waals surface area contributed by atoms with E-state index in [1.807, 2.05) is 11.4 Å². The third-order valence-electron chi connectivity index (χ3n) is 7.35. The van der Waals surface area contributed by atoms with Crippen molar-refractivity contribution in [3.8, 4) is 0 Å². The van der Waals surface area contributed by atoms with E-state index in [0.717, 1.165) is 43.6 Å². The zero-order valence-electron chi connectivity index (χ0n) is 15.7. The van der Waals surface area contributed by atoms with E-state index in [2.05, 4.69) is 22.0 Å². The number of nitrogens with one attached hydrogen (secondary N) is 3. The summed E-state index contributed by atoms with van der Waals surface area (Å²) >= 11 is 1.66. The molecule has 7 heteroatoms. The third-order valence-corrected chi connectivity index (χ3v) is 8.43. The van der Waals surface area contributed by atoms with Crippen LogP contribution in [0.2, 0.25) is 0 Å². The van der Waals surface area contributed by atoms with Crippen LogP contribution in [0, 0.1) is 5.41 Å². The van der Waals surface area contributed by atoms with Crippen molar-refractivity contribution in [1.29, 1.82) is 0 Å². The van der Waals surface area contributed by atoms with Crippen LogP contribution in [0.15, 0.2) is 17.5 Å². The summed E-state index contributed by atoms with van der Waals surface area (Å²) in [7, 11) is 1.71. The van der Waals surface area contributed by atoms with Gasteiger partial charge in [-0.3, -0.25) is 9.59 Å². The number of carbonyl (C=O) groups excluding carboxylic acids is 2. The Bertz CT molecular complexity index is 759. The zero-order chi connectivity index (χ0) is 18.8. The van der Waals surface area contributed by atoms with Gasteiger partial charge in [0.2, 0.25) is 11.8 Å². The Hall–Kier alpha value is -1.44. The highest BCUT2D eigenvalue weighted by atomic mass is 32.1. The quantitative estimate of drug-likeness (QED) is 0.710. The molecule has 1 aromatic heterocycles. The third kappa shape index (κ3) is 2.31. The summed E-state index contributed by atoms with van der Waals surface area (Å²) in [5, 5.41) is 11.5. The first-order valence-corrected chi connectivity index (χ1v) is 10.8. The topological polar surface area (TPSA) is 79.5 Å². The number of piperidine rings is 1. The Kier molecular flexibility index (Phi) is 3.78. The standard InChI is InChI=1S/C20H27N3O3S/c1-21-16(25)19-11-17(12-19,26-20(19)6-8-22-9-7-20)13-23-15(24)18(4-5-18)14-3-2-10-27-14/h2-3,10,22H,4-9,11-13H2,1H3,(H,21,25)(H,23,24). The predicted molar refractivity (Wildman–Crippen MR) is 103 cm³/mol. The first kappa shape index (κ1) is 17.6. The van der Waals surface area contributed by atoms with Crippen molar-refractivity contribution < 1.29 is 14.3 Å². The molecule has 1 spiro atoms. The fourth-order valence-corrected chi connectivity index (χ4v) is 6.79. The molecule has 0 aromatic carbocycles. The van der Waals surface area contributed by atoms with Crippen molar-refractivity contribution in [1.82, 2.24) is 16.0 Å². The largest absolute Gasteiger partial charge is 0.365 e. The van der Waals surface area contributed by atoms with Gasteiger partial charge < -0.3 is 20.7 Å². The minimum absolute atomic E-state index is 0.0982. The van der Waals surface area contributed by atoms with E-state index in [1.165, 1.54) is 0 Å². The number of rotatable bonds is 5. The number of hydrogen-bond acceptors (Lipinski definition) is 5. The van der Waals surface area contributed by atoms with Crippen LogP contribution < -0.4 is 16.0 Å². The van der Waals surface area contributed by atoms with Crippen molar-refractivity contribution in [3.05, 3.63) is 22.4 Å². The number of carbonyl (C=O) groups is 2. The molecule has 1 aromatic rings. The molecule has 2 bridgehead atoms. The van der Waals surface area contributed by atoms with Crippen LogP contribution in [0.25, 0.3) is 0 Å². The lowest BCUT2D eigenvalue weighted by Gasteiger charge is -2.47. The van der Waals surface area contributed by atoms with E-state index in [4.69, 9.17) is 4.74 Å². The Labute approximate surface area is 163 Å². The van der Waals surface area contributed by atoms with Gasteiger partial charge in [-0.1, -0.05) is 6.07 Å². The Morgan fingerprint density at radius 3 is 2.52 bits per heavy atom. The van der Waals surface area contributed by atoms with E-state index < -0.39 is 5.41 Å². The van der Waals surface area contributed by atoms with E-state index in [9.17, 15) is 9.59 Å². The van der Waals surface area contributed by atoms with Gasteiger partial charge in [0.25, 0.3) is 0 Å². The summed E-state index contributed by atoms with van der Waals surface area (Å²) in [5.74, 6) is 0.215. The lowest BCUT2D eigenvalue weighted by atomic mass is 9.53. The Morgan fingerprint density at radius 1 is 1.19 bits per heavy atom. The molecule has 3 aliphatic heterocycles. The van der Waals surface area contributed by atoms with Gasteiger partial charge in [0, 0.05) is 18.5 Å². The maximum atomic E-state index is 12.9. The van der Waals surface area contributed by atoms with Crippen molar-refractivity contribution >= 4 is 23.2 Å². The van der Waals surface area contributed by atoms with Crippen LogP contribution in [0.1, 0.15) is 43.4 Å². The molecule has 3 N–H and O–H groups in total. The van der Waals surface area contributed by atoms with E-state index in [0.29, 0.717) is 19.4 Å². The summed E-state index contributed by atoms with van der Waals surface area (Å²) in [5.41, 5.74) is -1.52. The summed E-state index contributed by atoms with van der Waals surface area (Å²) in [4.78, 5) is 26.8. The second kappa shape index (κ2) is 5.78. The van der Waals surface area contributed by atoms with E-state index in [1.54, 1.807) is 18.4 Å². The molecular formula is C20H27N3O3S. The smallest absolute Gasteiger partial charge is 0.231 e. The van der Waals surface area contributed by atoms with Crippen LogP contribution in [0.4, 0.5) is 0 Å². The Balaban J connectivity index is 1.31. The van der Waals surface area contributed by atoms with Gasteiger partial charge >= 0.3 is 0 Å². The molecule has 2 amide bonds. The molecule has 2 aliphatic carbocycles. The molecule has 5 aliphatic rings. The lowest BCUT2D eigenvalue weighted by Crippen LogP contribution is -2.61. The fraction of sp³-hybridized carbons (Fsp3) is 0.700. The van der Waals surface area contributed by atoms with Gasteiger partial charge in [-0.2, -0.15) is 0 Å². The molecule has 146 valence electrons. The van der Waals surface area contributed by atoms with Gasteiger partial charge in [-0.05, 0) is 63.1 Å². The minimum atomic E-state index is -0.431. The summed E-state index contributed by atoms with van der Waals surface area (Å²) in [6, 6.07) is 4.07. The highest BCUT2D eigenvalue weighted by molar-refractivity contribution is 7.10. The molecular weight excluding hydrogens is 362 g/mol. The van der Waals surface area contributed by atoms with Gasteiger partial charge in [0.15, 0.2) is 0 Å². The maximum absolute atomic E-state index is 12.9. The molecule has 5 fully saturated rings. The fourth-order valence-electron chi connectivity index (χ4n) is 5.81. The average Bonchev–Trinajstić information content (AvgIpc) is 3.07. The number of hydrogen-bond donors (Lipinski definition) is 3. The van der Waals surface area contributed by atoms with Gasteiger partial charge in [-0.25, -0.2) is 0 Å². The van der Waals surface area contributed by atoms with E-state index >= 15 is 0 Å². The van der Waals surface area contributed by atoms with Gasteiger partial charge in [-0.15, -0.1) is 11.3 Å². The van der Waals surface area contributed by atoms with Crippen LogP contribution in [0.5, 0.6) is 0 Å². The van der Waals surface area contributed by atoms with Gasteiger partial charge in [0.1, 0.15) is 0 Å². The highest BCUT2D eigenvalue weighted by Crippen LogP contribution is 2.69. The molecule has 2 saturated carbocycles. The van der Waals surface area contributed by atoms with Crippen molar-refractivity contribution in [2.75, 3.05) is 26.7 Å². The van der Waals surface area contributed by atoms with Crippen LogP contribution in [-0.4, -0.2) is 49.7 Å². The van der Waals surface area contributed by atoms with E-state index in [-0.39, 0.29) is 28.4 Å². The zero-order valence-corrected chi connectivity index (χ0v) is 16.5. The first-order valence-electron chi connectivity index (χ1n) is 9.95. The van der Waals surface area contributed by atoms with Crippen LogP contribution in [0.3, 0.4) is 0 Å². The van der Waals surface area contributed by atoms with Gasteiger partial charge in [0.05, 0.1) is 22.0 Å². The second-order valence-corrected chi connectivity index (χ2v) is 9.73. The summed E-state index contributed by atoms with van der Waals surface area (Å²) in [6.45, 7) is 2.26. The Morgan fingerprint density at radius 2 is 1.93 bits per heavy atom. The molecule has 6 nitrogen and oxygen atoms in total. The van der Waals surface area contributed by atoms with Crippen LogP contribution in [-0.2, 0) is 19.7 Å². The molecule has 0 unspecified atom stereocenters. The average molecular weight is 390 g/mol. The second-order valence-electron chi connectivity index (χ2n) is 8.79. The minimum Gasteiger partial charge on any atom is -0.365 e. The molecule has 4 heterocycles. The normalized spacial score (nSPS) is 34.7. The number of amides is 2. The van der Waals surface area contributed by atoms with Crippen molar-refractivity contribution in [3.63, 3.8) is 0 Å². The SMILES string of the molecule is CNC(=O)C12CC(CNC(=O)C3(c4cccs4)CC3)(C1)OC21CCNCC1.